The molecular weight excluding hydrogens is 248 g/mol. The van der Waals surface area contributed by atoms with Crippen molar-refractivity contribution in [2.45, 2.75) is 32.2 Å². The molecule has 0 fully saturated rings. The largest absolute Gasteiger partial charge is 0.365 e. The lowest BCUT2D eigenvalue weighted by Gasteiger charge is -2.27. The van der Waals surface area contributed by atoms with Gasteiger partial charge in [0.05, 0.1) is 0 Å². The lowest BCUT2D eigenvalue weighted by molar-refractivity contribution is 0.0734. The normalized spacial score (nSPS) is 16.9. The fourth-order valence-corrected chi connectivity index (χ4v) is 3.41. The van der Waals surface area contributed by atoms with E-state index in [1.54, 1.807) is 0 Å². The van der Waals surface area contributed by atoms with Gasteiger partial charge in [-0.15, -0.1) is 0 Å². The number of hydrogen-bond donors (Lipinski definition) is 1. The maximum Gasteiger partial charge on any atom is 0.254 e. The standard InChI is InChI=1S/C17H18N2O/c20-17(14-5-4-12-2-1-3-13(12)10-14)19-9-7-16-15(11-19)6-8-18-16/h4-6,8,10,18H,1-3,7,9,11H2. The zero-order valence-corrected chi connectivity index (χ0v) is 11.5. The molecule has 0 spiro atoms. The number of amides is 1. The molecule has 1 N–H and O–H groups in total. The van der Waals surface area contributed by atoms with Crippen LogP contribution < -0.4 is 0 Å². The van der Waals surface area contributed by atoms with Gasteiger partial charge in [0.15, 0.2) is 0 Å². The van der Waals surface area contributed by atoms with Crippen LogP contribution in [0, 0.1) is 0 Å². The molecule has 2 aliphatic rings. The van der Waals surface area contributed by atoms with E-state index in [0.29, 0.717) is 0 Å². The zero-order chi connectivity index (χ0) is 13.5. The topological polar surface area (TPSA) is 36.1 Å². The molecular formula is C17H18N2O. The van der Waals surface area contributed by atoms with E-state index in [9.17, 15) is 4.79 Å². The Morgan fingerprint density at radius 2 is 1.95 bits per heavy atom. The first-order valence-corrected chi connectivity index (χ1v) is 7.37. The van der Waals surface area contributed by atoms with E-state index in [2.05, 4.69) is 23.2 Å². The first-order chi connectivity index (χ1) is 9.81. The summed E-state index contributed by atoms with van der Waals surface area (Å²) in [5.41, 5.74) is 6.18. The summed E-state index contributed by atoms with van der Waals surface area (Å²) >= 11 is 0. The minimum atomic E-state index is 0.173. The molecule has 1 amide bonds. The van der Waals surface area contributed by atoms with Crippen LogP contribution in [0.25, 0.3) is 0 Å². The first-order valence-electron chi connectivity index (χ1n) is 7.37. The van der Waals surface area contributed by atoms with Crippen molar-refractivity contribution in [2.75, 3.05) is 6.54 Å². The van der Waals surface area contributed by atoms with E-state index >= 15 is 0 Å². The Morgan fingerprint density at radius 3 is 2.90 bits per heavy atom. The molecule has 3 heteroatoms. The zero-order valence-electron chi connectivity index (χ0n) is 11.5. The summed E-state index contributed by atoms with van der Waals surface area (Å²) < 4.78 is 0. The number of carbonyl (C=O) groups excluding carboxylic acids is 1. The van der Waals surface area contributed by atoms with Crippen LogP contribution in [0.3, 0.4) is 0 Å². The first kappa shape index (κ1) is 11.8. The van der Waals surface area contributed by atoms with E-state index in [0.717, 1.165) is 31.5 Å². The quantitative estimate of drug-likeness (QED) is 0.846. The van der Waals surface area contributed by atoms with Crippen molar-refractivity contribution in [1.82, 2.24) is 9.88 Å². The van der Waals surface area contributed by atoms with Crippen LogP contribution in [0.4, 0.5) is 0 Å². The van der Waals surface area contributed by atoms with Gasteiger partial charge < -0.3 is 9.88 Å². The summed E-state index contributed by atoms with van der Waals surface area (Å²) in [5.74, 6) is 0.173. The Kier molecular flexibility index (Phi) is 2.66. The molecule has 1 aromatic heterocycles. The summed E-state index contributed by atoms with van der Waals surface area (Å²) in [6, 6.07) is 8.33. The maximum atomic E-state index is 12.6. The highest BCUT2D eigenvalue weighted by molar-refractivity contribution is 5.94. The van der Waals surface area contributed by atoms with E-state index < -0.39 is 0 Å². The molecule has 2 aromatic rings. The number of aryl methyl sites for hydroxylation is 2. The highest BCUT2D eigenvalue weighted by Gasteiger charge is 2.23. The number of nitrogens with zero attached hydrogens (tertiary/aromatic N) is 1. The number of rotatable bonds is 1. The summed E-state index contributed by atoms with van der Waals surface area (Å²) in [6.45, 7) is 1.54. The highest BCUT2D eigenvalue weighted by atomic mass is 16.2. The van der Waals surface area contributed by atoms with Crippen molar-refractivity contribution in [3.05, 3.63) is 58.4 Å². The molecule has 2 heterocycles. The Morgan fingerprint density at radius 1 is 1.05 bits per heavy atom. The van der Waals surface area contributed by atoms with E-state index in [-0.39, 0.29) is 5.91 Å². The van der Waals surface area contributed by atoms with Crippen molar-refractivity contribution < 1.29 is 4.79 Å². The Labute approximate surface area is 118 Å². The number of benzene rings is 1. The predicted octanol–water partition coefficient (Wildman–Crippen LogP) is 2.70. The number of hydrogen-bond acceptors (Lipinski definition) is 1. The molecule has 102 valence electrons. The smallest absolute Gasteiger partial charge is 0.254 e. The minimum absolute atomic E-state index is 0.173. The molecule has 1 aliphatic carbocycles. The van der Waals surface area contributed by atoms with Gasteiger partial charge in [-0.1, -0.05) is 6.07 Å². The molecule has 1 aromatic carbocycles. The van der Waals surface area contributed by atoms with Crippen LogP contribution in [-0.4, -0.2) is 22.3 Å². The summed E-state index contributed by atoms with van der Waals surface area (Å²) in [7, 11) is 0. The minimum Gasteiger partial charge on any atom is -0.365 e. The van der Waals surface area contributed by atoms with Crippen molar-refractivity contribution in [1.29, 1.82) is 0 Å². The predicted molar refractivity (Wildman–Crippen MR) is 77.7 cm³/mol. The number of carbonyl (C=O) groups is 1. The number of aromatic amines is 1. The second-order valence-electron chi connectivity index (χ2n) is 5.80. The summed E-state index contributed by atoms with van der Waals surface area (Å²) in [5, 5.41) is 0. The van der Waals surface area contributed by atoms with E-state index in [1.165, 1.54) is 35.2 Å². The number of fused-ring (bicyclic) bond motifs is 2. The molecule has 0 atom stereocenters. The Bertz CT molecular complexity index is 671. The van der Waals surface area contributed by atoms with Crippen LogP contribution >= 0.6 is 0 Å². The molecule has 20 heavy (non-hydrogen) atoms. The van der Waals surface area contributed by atoms with Gasteiger partial charge in [-0.05, 0) is 54.2 Å². The highest BCUT2D eigenvalue weighted by Crippen LogP contribution is 2.25. The van der Waals surface area contributed by atoms with Crippen LogP contribution in [0.5, 0.6) is 0 Å². The Hall–Kier alpha value is -2.03. The van der Waals surface area contributed by atoms with Gasteiger partial charge in [-0.25, -0.2) is 0 Å². The van der Waals surface area contributed by atoms with Crippen LogP contribution in [0.1, 0.15) is 39.2 Å². The third-order valence-electron chi connectivity index (χ3n) is 4.56. The monoisotopic (exact) mass is 266 g/mol. The fourth-order valence-electron chi connectivity index (χ4n) is 3.41. The van der Waals surface area contributed by atoms with E-state index in [4.69, 9.17) is 0 Å². The average Bonchev–Trinajstić information content (AvgIpc) is 3.13. The number of nitrogens with one attached hydrogen (secondary N) is 1. The van der Waals surface area contributed by atoms with Crippen LogP contribution in [-0.2, 0) is 25.8 Å². The molecule has 4 rings (SSSR count). The van der Waals surface area contributed by atoms with Gasteiger partial charge in [-0.2, -0.15) is 0 Å². The lowest BCUT2D eigenvalue weighted by Crippen LogP contribution is -2.35. The summed E-state index contributed by atoms with van der Waals surface area (Å²) in [6.07, 6.45) is 6.41. The van der Waals surface area contributed by atoms with Gasteiger partial charge in [0.2, 0.25) is 0 Å². The SMILES string of the molecule is O=C(c1ccc2c(c1)CCC2)N1CCc2[nH]ccc2C1. The number of aromatic nitrogens is 1. The molecule has 0 unspecified atom stereocenters. The molecule has 0 radical (unpaired) electrons. The van der Waals surface area contributed by atoms with Gasteiger partial charge in [0, 0.05) is 37.0 Å². The van der Waals surface area contributed by atoms with Gasteiger partial charge >= 0.3 is 0 Å². The summed E-state index contributed by atoms with van der Waals surface area (Å²) in [4.78, 5) is 17.9. The lowest BCUT2D eigenvalue weighted by atomic mass is 10.0. The second kappa shape index (κ2) is 4.51. The molecule has 0 bridgehead atoms. The third-order valence-corrected chi connectivity index (χ3v) is 4.56. The Balaban J connectivity index is 1.59. The molecule has 1 aliphatic heterocycles. The maximum absolute atomic E-state index is 12.6. The van der Waals surface area contributed by atoms with Crippen LogP contribution in [0.2, 0.25) is 0 Å². The van der Waals surface area contributed by atoms with Gasteiger partial charge in [-0.3, -0.25) is 4.79 Å². The fraction of sp³-hybridized carbons (Fsp3) is 0.353. The van der Waals surface area contributed by atoms with Crippen molar-refractivity contribution >= 4 is 5.91 Å². The third kappa shape index (κ3) is 1.85. The second-order valence-corrected chi connectivity index (χ2v) is 5.80. The average molecular weight is 266 g/mol. The van der Waals surface area contributed by atoms with Crippen molar-refractivity contribution in [2.24, 2.45) is 0 Å². The van der Waals surface area contributed by atoms with Crippen LogP contribution in [0.15, 0.2) is 30.5 Å². The van der Waals surface area contributed by atoms with Crippen molar-refractivity contribution in [3.63, 3.8) is 0 Å². The molecule has 0 saturated carbocycles. The number of H-pyrrole nitrogens is 1. The van der Waals surface area contributed by atoms with E-state index in [1.807, 2.05) is 17.2 Å². The molecule has 0 saturated heterocycles. The van der Waals surface area contributed by atoms with Gasteiger partial charge in [0.25, 0.3) is 5.91 Å². The molecule has 3 nitrogen and oxygen atoms in total. The van der Waals surface area contributed by atoms with Crippen molar-refractivity contribution in [3.8, 4) is 0 Å². The van der Waals surface area contributed by atoms with Gasteiger partial charge in [0.1, 0.15) is 0 Å².